The van der Waals surface area contributed by atoms with E-state index < -0.39 is 0 Å². The lowest BCUT2D eigenvalue weighted by atomic mass is 10.1. The second-order valence-corrected chi connectivity index (χ2v) is 3.41. The summed E-state index contributed by atoms with van der Waals surface area (Å²) in [5.74, 6) is 0.153. The van der Waals surface area contributed by atoms with Crippen molar-refractivity contribution < 1.29 is 4.79 Å². The molecule has 0 aliphatic carbocycles. The number of rotatable bonds is 2. The van der Waals surface area contributed by atoms with Gasteiger partial charge in [0.1, 0.15) is 0 Å². The van der Waals surface area contributed by atoms with Gasteiger partial charge in [0.25, 0.3) is 0 Å². The predicted molar refractivity (Wildman–Crippen MR) is 53.5 cm³/mol. The van der Waals surface area contributed by atoms with Crippen molar-refractivity contribution in [3.63, 3.8) is 0 Å². The zero-order valence-corrected chi connectivity index (χ0v) is 8.49. The maximum Gasteiger partial charge on any atom is 0.220 e. The number of carbonyl (C=O) groups is 1. The molecule has 0 aromatic rings. The molecule has 0 unspecified atom stereocenters. The fourth-order valence-corrected chi connectivity index (χ4v) is 1.75. The highest BCUT2D eigenvalue weighted by Gasteiger charge is 2.25. The summed E-state index contributed by atoms with van der Waals surface area (Å²) in [7, 11) is 0. The van der Waals surface area contributed by atoms with Crippen LogP contribution in [0.5, 0.6) is 0 Å². The van der Waals surface area contributed by atoms with E-state index in [4.69, 9.17) is 0 Å². The van der Waals surface area contributed by atoms with Crippen LogP contribution in [0.25, 0.3) is 0 Å². The van der Waals surface area contributed by atoms with Crippen molar-refractivity contribution in [2.24, 2.45) is 0 Å². The van der Waals surface area contributed by atoms with Crippen molar-refractivity contribution in [1.29, 1.82) is 0 Å². The van der Waals surface area contributed by atoms with Crippen molar-refractivity contribution in [2.75, 3.05) is 26.2 Å². The number of hydrogen-bond donors (Lipinski definition) is 0. The zero-order chi connectivity index (χ0) is 9.84. The monoisotopic (exact) mass is 182 g/mol. The quantitative estimate of drug-likeness (QED) is 0.588. The molecule has 0 bridgehead atoms. The van der Waals surface area contributed by atoms with Gasteiger partial charge in [-0.15, -0.1) is 6.58 Å². The Morgan fingerprint density at radius 1 is 1.62 bits per heavy atom. The maximum atomic E-state index is 11.2. The highest BCUT2D eigenvalue weighted by atomic mass is 16.2. The smallest absolute Gasteiger partial charge is 0.220 e. The third-order valence-corrected chi connectivity index (χ3v) is 2.63. The summed E-state index contributed by atoms with van der Waals surface area (Å²) in [6.07, 6.45) is 1.86. The summed E-state index contributed by atoms with van der Waals surface area (Å²) in [6, 6.07) is 0.200. The van der Waals surface area contributed by atoms with Crippen molar-refractivity contribution in [2.45, 2.75) is 19.9 Å². The second-order valence-electron chi connectivity index (χ2n) is 3.41. The predicted octanol–water partition coefficient (Wildman–Crippen LogP) is 0.725. The van der Waals surface area contributed by atoms with E-state index in [1.807, 2.05) is 11.0 Å². The third kappa shape index (κ3) is 2.31. The average molecular weight is 182 g/mol. The van der Waals surface area contributed by atoms with Gasteiger partial charge in [-0.25, -0.2) is 0 Å². The largest absolute Gasteiger partial charge is 0.334 e. The number of piperazine rings is 1. The van der Waals surface area contributed by atoms with Crippen LogP contribution in [-0.4, -0.2) is 47.9 Å². The molecule has 0 N–H and O–H groups in total. The molecule has 1 heterocycles. The molecule has 1 atom stereocenters. The van der Waals surface area contributed by atoms with Gasteiger partial charge in [0.15, 0.2) is 0 Å². The van der Waals surface area contributed by atoms with Gasteiger partial charge in [-0.3, -0.25) is 9.69 Å². The van der Waals surface area contributed by atoms with Gasteiger partial charge in [0.2, 0.25) is 5.91 Å². The molecule has 0 saturated carbocycles. The molecular weight excluding hydrogens is 164 g/mol. The first-order valence-electron chi connectivity index (χ1n) is 4.81. The Kier molecular flexibility index (Phi) is 3.48. The third-order valence-electron chi connectivity index (χ3n) is 2.63. The van der Waals surface area contributed by atoms with Crippen molar-refractivity contribution in [3.8, 4) is 0 Å². The van der Waals surface area contributed by atoms with Crippen molar-refractivity contribution in [1.82, 2.24) is 9.80 Å². The molecule has 1 rings (SSSR count). The topological polar surface area (TPSA) is 23.6 Å². The molecule has 1 aliphatic rings. The van der Waals surface area contributed by atoms with Crippen LogP contribution in [0.1, 0.15) is 13.8 Å². The van der Waals surface area contributed by atoms with Crippen LogP contribution in [0.2, 0.25) is 0 Å². The number of hydrogen-bond acceptors (Lipinski definition) is 2. The Labute approximate surface area is 80.0 Å². The molecule has 13 heavy (non-hydrogen) atoms. The molecule has 1 amide bonds. The molecule has 3 nitrogen and oxygen atoms in total. The fraction of sp³-hybridized carbons (Fsp3) is 0.700. The van der Waals surface area contributed by atoms with Crippen LogP contribution in [-0.2, 0) is 4.79 Å². The summed E-state index contributed by atoms with van der Waals surface area (Å²) in [6.45, 7) is 11.3. The first-order chi connectivity index (χ1) is 6.19. The van der Waals surface area contributed by atoms with Crippen LogP contribution >= 0.6 is 0 Å². The second kappa shape index (κ2) is 4.42. The molecule has 1 fully saturated rings. The van der Waals surface area contributed by atoms with Gasteiger partial charge in [-0.05, 0) is 6.54 Å². The molecule has 1 aliphatic heterocycles. The maximum absolute atomic E-state index is 11.2. The SMILES string of the molecule is C=C[C@H]1CN(CC)CCN1C(C)=O. The van der Waals surface area contributed by atoms with Gasteiger partial charge < -0.3 is 4.90 Å². The van der Waals surface area contributed by atoms with E-state index in [-0.39, 0.29) is 11.9 Å². The van der Waals surface area contributed by atoms with E-state index in [2.05, 4.69) is 18.4 Å². The molecular formula is C10H18N2O. The van der Waals surface area contributed by atoms with Crippen LogP contribution in [0, 0.1) is 0 Å². The first-order valence-corrected chi connectivity index (χ1v) is 4.81. The van der Waals surface area contributed by atoms with E-state index in [1.54, 1.807) is 6.92 Å². The van der Waals surface area contributed by atoms with Crippen LogP contribution in [0.4, 0.5) is 0 Å². The van der Waals surface area contributed by atoms with E-state index >= 15 is 0 Å². The molecule has 0 radical (unpaired) electrons. The van der Waals surface area contributed by atoms with Gasteiger partial charge in [0.05, 0.1) is 6.04 Å². The number of amides is 1. The summed E-state index contributed by atoms with van der Waals surface area (Å²) in [5, 5.41) is 0. The molecule has 0 spiro atoms. The van der Waals surface area contributed by atoms with Crippen LogP contribution < -0.4 is 0 Å². The van der Waals surface area contributed by atoms with E-state index in [0.717, 1.165) is 26.2 Å². The van der Waals surface area contributed by atoms with Gasteiger partial charge in [-0.1, -0.05) is 13.0 Å². The van der Waals surface area contributed by atoms with Gasteiger partial charge in [0, 0.05) is 26.6 Å². The minimum atomic E-state index is 0.153. The number of nitrogens with zero attached hydrogens (tertiary/aromatic N) is 2. The Morgan fingerprint density at radius 3 is 2.77 bits per heavy atom. The summed E-state index contributed by atoms with van der Waals surface area (Å²) < 4.78 is 0. The Hall–Kier alpha value is -0.830. The van der Waals surface area contributed by atoms with Crippen LogP contribution in [0.3, 0.4) is 0 Å². The Morgan fingerprint density at radius 2 is 2.31 bits per heavy atom. The average Bonchev–Trinajstić information content (AvgIpc) is 2.16. The molecule has 74 valence electrons. The minimum Gasteiger partial charge on any atom is -0.334 e. The fourth-order valence-electron chi connectivity index (χ4n) is 1.75. The van der Waals surface area contributed by atoms with Crippen molar-refractivity contribution >= 4 is 5.91 Å². The summed E-state index contributed by atoms with van der Waals surface area (Å²) >= 11 is 0. The van der Waals surface area contributed by atoms with E-state index in [0.29, 0.717) is 0 Å². The normalized spacial score (nSPS) is 24.5. The molecule has 1 saturated heterocycles. The lowest BCUT2D eigenvalue weighted by Gasteiger charge is -2.39. The minimum absolute atomic E-state index is 0.153. The standard InChI is InChI=1S/C10H18N2O/c1-4-10-8-11(5-2)6-7-12(10)9(3)13/h4,10H,1,5-8H2,2-3H3/t10-/m0/s1. The Bertz CT molecular complexity index is 203. The molecule has 0 aromatic carbocycles. The van der Waals surface area contributed by atoms with Crippen LogP contribution in [0.15, 0.2) is 12.7 Å². The van der Waals surface area contributed by atoms with Crippen molar-refractivity contribution in [3.05, 3.63) is 12.7 Å². The number of likely N-dealkylation sites (N-methyl/N-ethyl adjacent to an activating group) is 1. The highest BCUT2D eigenvalue weighted by Crippen LogP contribution is 2.10. The summed E-state index contributed by atoms with van der Waals surface area (Å²) in [5.41, 5.74) is 0. The number of carbonyl (C=O) groups excluding carboxylic acids is 1. The molecule has 0 aromatic heterocycles. The van der Waals surface area contributed by atoms with Gasteiger partial charge in [-0.2, -0.15) is 0 Å². The highest BCUT2D eigenvalue weighted by molar-refractivity contribution is 5.74. The lowest BCUT2D eigenvalue weighted by molar-refractivity contribution is -0.132. The molecule has 3 heteroatoms. The lowest BCUT2D eigenvalue weighted by Crippen LogP contribution is -2.53. The first kappa shape index (κ1) is 10.3. The van der Waals surface area contributed by atoms with Gasteiger partial charge >= 0.3 is 0 Å². The van der Waals surface area contributed by atoms with E-state index in [1.165, 1.54) is 0 Å². The van der Waals surface area contributed by atoms with E-state index in [9.17, 15) is 4.79 Å². The zero-order valence-electron chi connectivity index (χ0n) is 8.49. The Balaban J connectivity index is 2.60. The summed E-state index contributed by atoms with van der Waals surface area (Å²) in [4.78, 5) is 15.4.